The Hall–Kier alpha value is -3.95. The molecule has 0 aliphatic heterocycles. The normalized spacial score (nSPS) is 12.6. The molecule has 0 saturated heterocycles. The van der Waals surface area contributed by atoms with Crippen LogP contribution in [0.15, 0.2) is 56.4 Å². The lowest BCUT2D eigenvalue weighted by atomic mass is 10.2. The fourth-order valence-electron chi connectivity index (χ4n) is 3.31. The highest BCUT2D eigenvalue weighted by Gasteiger charge is 2.25. The molecule has 0 radical (unpaired) electrons. The summed E-state index contributed by atoms with van der Waals surface area (Å²) in [6.07, 6.45) is 0. The van der Waals surface area contributed by atoms with Crippen LogP contribution in [0.3, 0.4) is 0 Å². The standard InChI is InChI=1S/C20H21N5O12S3/c1-11-8-14(15(36-2)10-16(11)38(28,29)7-6-37-40(33,34)35)22-23-18-17(19(21)26)24-25(20(18)27)12-4-3-5-13(9-12)39(30,31)32/h3-5,8-10,27H,6-7H2,1-2H3,(H2,21,26)(H,30,31,32)(H,33,34,35)/b23-22+. The van der Waals surface area contributed by atoms with Crippen LogP contribution in [0.25, 0.3) is 5.69 Å². The minimum Gasteiger partial charge on any atom is -0.494 e. The van der Waals surface area contributed by atoms with Gasteiger partial charge in [-0.2, -0.15) is 26.6 Å². The number of aryl methyl sites for hydroxylation is 1. The number of aromatic nitrogens is 2. The number of nitrogens with two attached hydrogens (primary N) is 1. The largest absolute Gasteiger partial charge is 0.494 e. The molecule has 5 N–H and O–H groups in total. The number of carbonyl (C=O) groups is 1. The van der Waals surface area contributed by atoms with Crippen LogP contribution in [0.4, 0.5) is 11.4 Å². The van der Waals surface area contributed by atoms with Gasteiger partial charge in [0.25, 0.3) is 16.0 Å². The molecular formula is C20H21N5O12S3. The Morgan fingerprint density at radius 3 is 2.33 bits per heavy atom. The molecule has 17 nitrogen and oxygen atoms in total. The lowest BCUT2D eigenvalue weighted by Crippen LogP contribution is -2.16. The molecule has 3 aromatic rings. The van der Waals surface area contributed by atoms with E-state index >= 15 is 0 Å². The second kappa shape index (κ2) is 11.3. The zero-order chi connectivity index (χ0) is 30.0. The van der Waals surface area contributed by atoms with Gasteiger partial charge in [-0.15, -0.1) is 10.2 Å². The van der Waals surface area contributed by atoms with Crippen molar-refractivity contribution in [3.05, 3.63) is 47.7 Å². The van der Waals surface area contributed by atoms with Crippen molar-refractivity contribution < 1.29 is 53.2 Å². The number of benzene rings is 2. The van der Waals surface area contributed by atoms with Crippen molar-refractivity contribution in [3.63, 3.8) is 0 Å². The third-order valence-corrected chi connectivity index (χ3v) is 8.21. The summed E-state index contributed by atoms with van der Waals surface area (Å²) >= 11 is 0. The van der Waals surface area contributed by atoms with Gasteiger partial charge in [-0.3, -0.25) is 13.9 Å². The Labute approximate surface area is 227 Å². The lowest BCUT2D eigenvalue weighted by molar-refractivity contribution is 0.0995. The van der Waals surface area contributed by atoms with Crippen LogP contribution in [-0.2, 0) is 34.5 Å². The van der Waals surface area contributed by atoms with E-state index in [0.717, 1.165) is 22.9 Å². The number of azo groups is 1. The molecule has 0 atom stereocenters. The summed E-state index contributed by atoms with van der Waals surface area (Å²) in [5, 5.41) is 22.3. The SMILES string of the molecule is COc1cc(S(=O)(=O)CCOS(=O)(=O)O)c(C)cc1/N=N/c1c(C(N)=O)nn(-c2cccc(S(=O)(=O)O)c2)c1O. The van der Waals surface area contributed by atoms with Gasteiger partial charge >= 0.3 is 10.4 Å². The van der Waals surface area contributed by atoms with Gasteiger partial charge in [-0.1, -0.05) is 6.07 Å². The van der Waals surface area contributed by atoms with Gasteiger partial charge in [-0.25, -0.2) is 12.6 Å². The maximum atomic E-state index is 12.7. The van der Waals surface area contributed by atoms with Crippen LogP contribution in [0, 0.1) is 6.92 Å². The average molecular weight is 620 g/mol. The molecule has 1 heterocycles. The topological polar surface area (TPSA) is 267 Å². The van der Waals surface area contributed by atoms with E-state index in [2.05, 4.69) is 19.5 Å². The van der Waals surface area contributed by atoms with Crippen LogP contribution in [0.5, 0.6) is 11.6 Å². The Kier molecular flexibility index (Phi) is 8.62. The van der Waals surface area contributed by atoms with Crippen molar-refractivity contribution in [2.45, 2.75) is 16.7 Å². The van der Waals surface area contributed by atoms with E-state index in [4.69, 9.17) is 15.0 Å². The summed E-state index contributed by atoms with van der Waals surface area (Å²) in [6, 6.07) is 6.89. The molecule has 216 valence electrons. The van der Waals surface area contributed by atoms with Crippen LogP contribution in [0.1, 0.15) is 16.1 Å². The van der Waals surface area contributed by atoms with Crippen molar-refractivity contribution in [1.82, 2.24) is 9.78 Å². The van der Waals surface area contributed by atoms with Gasteiger partial charge in [0.05, 0.1) is 34.9 Å². The maximum absolute atomic E-state index is 12.7. The second-order valence-corrected chi connectivity index (χ2v) is 12.4. The second-order valence-electron chi connectivity index (χ2n) is 7.83. The summed E-state index contributed by atoms with van der Waals surface area (Å²) in [5.41, 5.74) is 4.22. The molecule has 0 unspecified atom stereocenters. The number of rotatable bonds is 11. The summed E-state index contributed by atoms with van der Waals surface area (Å²) in [7, 11) is -12.4. The number of hydrogen-bond donors (Lipinski definition) is 4. The zero-order valence-electron chi connectivity index (χ0n) is 20.5. The van der Waals surface area contributed by atoms with E-state index in [9.17, 15) is 39.7 Å². The minimum absolute atomic E-state index is 0.0657. The zero-order valence-corrected chi connectivity index (χ0v) is 22.9. The number of hydrogen-bond acceptors (Lipinski definition) is 13. The Morgan fingerprint density at radius 1 is 1.07 bits per heavy atom. The number of methoxy groups -OCH3 is 1. The molecule has 0 saturated carbocycles. The third kappa shape index (κ3) is 6.97. The van der Waals surface area contributed by atoms with E-state index in [1.807, 2.05) is 0 Å². The smallest absolute Gasteiger partial charge is 0.397 e. The summed E-state index contributed by atoms with van der Waals surface area (Å²) in [6.45, 7) is 0.540. The first kappa shape index (κ1) is 30.6. The quantitative estimate of drug-likeness (QED) is 0.174. The molecule has 0 spiro atoms. The van der Waals surface area contributed by atoms with Gasteiger partial charge in [0.2, 0.25) is 5.88 Å². The first-order valence-corrected chi connectivity index (χ1v) is 15.0. The molecule has 0 bridgehead atoms. The maximum Gasteiger partial charge on any atom is 0.397 e. The van der Waals surface area contributed by atoms with E-state index < -0.39 is 70.8 Å². The van der Waals surface area contributed by atoms with Crippen LogP contribution < -0.4 is 10.5 Å². The van der Waals surface area contributed by atoms with Gasteiger partial charge in [0.15, 0.2) is 21.2 Å². The minimum atomic E-state index is -4.84. The van der Waals surface area contributed by atoms with E-state index in [1.165, 1.54) is 32.2 Å². The summed E-state index contributed by atoms with van der Waals surface area (Å²) in [4.78, 5) is 11.2. The number of aromatic hydroxyl groups is 1. The number of sulfone groups is 1. The average Bonchev–Trinajstić information content (AvgIpc) is 3.17. The number of ether oxygens (including phenoxy) is 1. The molecule has 20 heteroatoms. The molecule has 0 aliphatic rings. The van der Waals surface area contributed by atoms with E-state index in [-0.39, 0.29) is 27.6 Å². The van der Waals surface area contributed by atoms with Crippen LogP contribution in [-0.4, -0.2) is 74.6 Å². The molecule has 1 amide bonds. The van der Waals surface area contributed by atoms with Crippen LogP contribution in [0.2, 0.25) is 0 Å². The van der Waals surface area contributed by atoms with Crippen molar-refractivity contribution >= 4 is 47.6 Å². The van der Waals surface area contributed by atoms with Gasteiger partial charge in [0.1, 0.15) is 11.4 Å². The molecule has 3 rings (SSSR count). The molecule has 0 aliphatic carbocycles. The molecular weight excluding hydrogens is 598 g/mol. The monoisotopic (exact) mass is 619 g/mol. The molecule has 0 fully saturated rings. The number of nitrogens with zero attached hydrogens (tertiary/aromatic N) is 4. The summed E-state index contributed by atoms with van der Waals surface area (Å²) < 4.78 is 97.5. The van der Waals surface area contributed by atoms with Crippen molar-refractivity contribution in [3.8, 4) is 17.3 Å². The highest BCUT2D eigenvalue weighted by atomic mass is 32.3. The predicted octanol–water partition coefficient (Wildman–Crippen LogP) is 1.25. The summed E-state index contributed by atoms with van der Waals surface area (Å²) in [5.74, 6) is -2.84. The molecule has 1 aromatic heterocycles. The first-order valence-electron chi connectivity index (χ1n) is 10.6. The van der Waals surface area contributed by atoms with E-state index in [1.54, 1.807) is 0 Å². The highest BCUT2D eigenvalue weighted by molar-refractivity contribution is 7.91. The number of carbonyl (C=O) groups excluding carboxylic acids is 1. The lowest BCUT2D eigenvalue weighted by Gasteiger charge is -2.11. The Morgan fingerprint density at radius 2 is 1.75 bits per heavy atom. The Balaban J connectivity index is 2.04. The van der Waals surface area contributed by atoms with Crippen molar-refractivity contribution in [2.24, 2.45) is 16.0 Å². The van der Waals surface area contributed by atoms with Crippen LogP contribution >= 0.6 is 0 Å². The highest BCUT2D eigenvalue weighted by Crippen LogP contribution is 2.38. The third-order valence-electron chi connectivity index (χ3n) is 5.08. The van der Waals surface area contributed by atoms with Gasteiger partial charge < -0.3 is 15.6 Å². The van der Waals surface area contributed by atoms with Crippen molar-refractivity contribution in [1.29, 1.82) is 0 Å². The number of primary amides is 1. The first-order chi connectivity index (χ1) is 18.4. The number of amides is 1. The predicted molar refractivity (Wildman–Crippen MR) is 135 cm³/mol. The molecule has 2 aromatic carbocycles. The molecule has 40 heavy (non-hydrogen) atoms. The van der Waals surface area contributed by atoms with Gasteiger partial charge in [0, 0.05) is 6.07 Å². The fraction of sp³-hybridized carbons (Fsp3) is 0.200. The van der Waals surface area contributed by atoms with Crippen molar-refractivity contribution in [2.75, 3.05) is 19.5 Å². The Bertz CT molecular complexity index is 1830. The fourth-order valence-corrected chi connectivity index (χ4v) is 5.59. The van der Waals surface area contributed by atoms with E-state index in [0.29, 0.717) is 0 Å². The van der Waals surface area contributed by atoms with Gasteiger partial charge in [-0.05, 0) is 36.8 Å².